The maximum Gasteiger partial charge on any atom is 0.242 e. The molecule has 1 amide bonds. The molecule has 54 heavy (non-hydrogen) atoms. The van der Waals surface area contributed by atoms with Crippen LogP contribution in [0.5, 0.6) is 0 Å². The van der Waals surface area contributed by atoms with Gasteiger partial charge in [-0.05, 0) is 66.9 Å². The summed E-state index contributed by atoms with van der Waals surface area (Å²) in [5.41, 5.74) is 5.70. The third-order valence-corrected chi connectivity index (χ3v) is 11.0. The number of hydrogen-bond acceptors (Lipinski definition) is 7. The van der Waals surface area contributed by atoms with E-state index in [1.807, 2.05) is 105 Å². The molecule has 5 unspecified atom stereocenters. The lowest BCUT2D eigenvalue weighted by Crippen LogP contribution is -2.45. The van der Waals surface area contributed by atoms with Crippen molar-refractivity contribution < 1.29 is 27.8 Å². The number of anilines is 1. The first-order chi connectivity index (χ1) is 26.1. The molecule has 280 valence electrons. The largest absolute Gasteiger partial charge is 0.392 e. The van der Waals surface area contributed by atoms with E-state index < -0.39 is 34.4 Å². The summed E-state index contributed by atoms with van der Waals surface area (Å²) >= 11 is 0. The molecule has 1 saturated heterocycles. The summed E-state index contributed by atoms with van der Waals surface area (Å²) in [6.45, 7) is 7.00. The van der Waals surface area contributed by atoms with Gasteiger partial charge in [0.2, 0.25) is 15.9 Å². The molecular weight excluding hydrogens is 699 g/mol. The second kappa shape index (κ2) is 17.9. The number of rotatable bonds is 15. The number of ether oxygens (including phenoxy) is 2. The van der Waals surface area contributed by atoms with Gasteiger partial charge in [-0.3, -0.25) is 4.79 Å². The van der Waals surface area contributed by atoms with Gasteiger partial charge in [-0.1, -0.05) is 121 Å². The number of aryl methyl sites for hydroxylation is 1. The fourth-order valence-corrected chi connectivity index (χ4v) is 7.97. The van der Waals surface area contributed by atoms with E-state index in [1.54, 1.807) is 24.3 Å². The van der Waals surface area contributed by atoms with E-state index in [0.29, 0.717) is 24.3 Å². The quantitative estimate of drug-likeness (QED) is 0.0982. The van der Waals surface area contributed by atoms with Crippen molar-refractivity contribution >= 4 is 21.6 Å². The van der Waals surface area contributed by atoms with Crippen molar-refractivity contribution in [2.24, 2.45) is 0 Å². The maximum atomic E-state index is 14.0. The van der Waals surface area contributed by atoms with Crippen LogP contribution in [0.25, 0.3) is 0 Å². The van der Waals surface area contributed by atoms with E-state index in [2.05, 4.69) is 33.7 Å². The van der Waals surface area contributed by atoms with E-state index in [0.717, 1.165) is 27.8 Å². The third kappa shape index (κ3) is 9.78. The first-order valence-electron chi connectivity index (χ1n) is 18.0. The average Bonchev–Trinajstić information content (AvgIpc) is 3.18. The highest BCUT2D eigenvalue weighted by Crippen LogP contribution is 2.47. The summed E-state index contributed by atoms with van der Waals surface area (Å²) < 4.78 is 43.3. The summed E-state index contributed by atoms with van der Waals surface area (Å²) in [6, 6.07) is 39.9. The van der Waals surface area contributed by atoms with Gasteiger partial charge in [-0.25, -0.2) is 8.42 Å². The van der Waals surface area contributed by atoms with E-state index in [9.17, 15) is 18.3 Å². The minimum atomic E-state index is -4.02. The van der Waals surface area contributed by atoms with Crippen LogP contribution in [0.4, 0.5) is 5.69 Å². The molecule has 0 radical (unpaired) electrons. The molecule has 0 saturated carbocycles. The van der Waals surface area contributed by atoms with Gasteiger partial charge in [-0.2, -0.15) is 4.72 Å². The predicted molar refractivity (Wildman–Crippen MR) is 211 cm³/mol. The lowest BCUT2D eigenvalue weighted by molar-refractivity contribution is -0.263. The number of carbonyl (C=O) groups excluding carboxylic acids is 1. The van der Waals surface area contributed by atoms with Crippen LogP contribution in [0.15, 0.2) is 151 Å². The smallest absolute Gasteiger partial charge is 0.242 e. The monoisotopic (exact) mass is 745 g/mol. The van der Waals surface area contributed by atoms with Crippen molar-refractivity contribution in [1.29, 1.82) is 0 Å². The molecule has 5 aromatic carbocycles. The Kier molecular flexibility index (Phi) is 12.9. The van der Waals surface area contributed by atoms with Crippen molar-refractivity contribution in [3.05, 3.63) is 179 Å². The van der Waals surface area contributed by atoms with Crippen LogP contribution in [0.3, 0.4) is 0 Å². The number of benzene rings is 5. The highest BCUT2D eigenvalue weighted by atomic mass is 32.2. The molecule has 1 fully saturated rings. The number of hydrogen-bond donors (Lipinski definition) is 3. The molecule has 9 nitrogen and oxygen atoms in total. The topological polar surface area (TPSA) is 117 Å². The Bertz CT molecular complexity index is 2090. The van der Waals surface area contributed by atoms with Gasteiger partial charge in [0.15, 0.2) is 6.29 Å². The van der Waals surface area contributed by atoms with Gasteiger partial charge in [0, 0.05) is 30.3 Å². The zero-order chi connectivity index (χ0) is 38.1. The van der Waals surface area contributed by atoms with Crippen LogP contribution in [-0.2, 0) is 37.3 Å². The number of nitrogens with one attached hydrogen (secondary N) is 2. The van der Waals surface area contributed by atoms with Gasteiger partial charge < -0.3 is 24.8 Å². The van der Waals surface area contributed by atoms with Gasteiger partial charge in [-0.15, -0.1) is 6.58 Å². The van der Waals surface area contributed by atoms with Crippen molar-refractivity contribution in [2.75, 3.05) is 25.5 Å². The number of likely N-dealkylation sites (N-methyl/N-ethyl adjacent to an activating group) is 1. The van der Waals surface area contributed by atoms with Crippen molar-refractivity contribution in [2.45, 2.75) is 55.3 Å². The minimum Gasteiger partial charge on any atom is -0.392 e. The summed E-state index contributed by atoms with van der Waals surface area (Å²) in [7, 11) is -1.99. The number of aliphatic hydroxyl groups excluding tert-OH is 1. The Morgan fingerprint density at radius 1 is 0.833 bits per heavy atom. The molecule has 1 heterocycles. The molecule has 5 aromatic rings. The van der Waals surface area contributed by atoms with E-state index in [-0.39, 0.29) is 29.9 Å². The molecule has 1 aliphatic heterocycles. The van der Waals surface area contributed by atoms with Crippen LogP contribution in [0, 0.1) is 6.92 Å². The van der Waals surface area contributed by atoms with Crippen molar-refractivity contribution in [3.8, 4) is 0 Å². The Labute approximate surface area is 318 Å². The summed E-state index contributed by atoms with van der Waals surface area (Å²) in [5.74, 6) is -0.676. The number of aliphatic hydroxyl groups is 1. The molecule has 5 atom stereocenters. The first kappa shape index (κ1) is 38.8. The molecule has 10 heteroatoms. The number of amides is 1. The second-order valence-electron chi connectivity index (χ2n) is 13.7. The fourth-order valence-electron chi connectivity index (χ4n) is 6.77. The fraction of sp³-hybridized carbons (Fsp3) is 0.250. The highest BCUT2D eigenvalue weighted by molar-refractivity contribution is 7.89. The van der Waals surface area contributed by atoms with Gasteiger partial charge in [0.1, 0.15) is 6.04 Å². The zero-order valence-electron chi connectivity index (χ0n) is 30.5. The van der Waals surface area contributed by atoms with E-state index in [1.165, 1.54) is 12.1 Å². The summed E-state index contributed by atoms with van der Waals surface area (Å²) in [5, 5.41) is 12.7. The Morgan fingerprint density at radius 2 is 1.50 bits per heavy atom. The number of sulfonamides is 1. The number of carbonyl (C=O) groups is 1. The Balaban J connectivity index is 1.30. The van der Waals surface area contributed by atoms with Crippen LogP contribution >= 0.6 is 0 Å². The van der Waals surface area contributed by atoms with Crippen LogP contribution in [-0.4, -0.2) is 56.6 Å². The van der Waals surface area contributed by atoms with Gasteiger partial charge >= 0.3 is 0 Å². The third-order valence-electron chi connectivity index (χ3n) is 9.56. The maximum absolute atomic E-state index is 14.0. The van der Waals surface area contributed by atoms with Gasteiger partial charge in [0.25, 0.3) is 0 Å². The molecular formula is C44H47N3O6S. The molecule has 6 rings (SSSR count). The van der Waals surface area contributed by atoms with Crippen molar-refractivity contribution in [3.63, 3.8) is 0 Å². The molecule has 0 bridgehead atoms. The lowest BCUT2D eigenvalue weighted by atomic mass is 9.83. The Morgan fingerprint density at radius 3 is 2.17 bits per heavy atom. The van der Waals surface area contributed by atoms with E-state index >= 15 is 0 Å². The molecule has 0 aliphatic carbocycles. The normalized spacial score (nSPS) is 19.3. The molecule has 3 N–H and O–H groups in total. The SMILES string of the molecule is C=CCN(C)CC1OC(c2cccc(NC(=O)C(Cc3ccccc3)NS(=O)(=O)c3ccc(C)cc3)c2)OC(c2ccc(CO)cc2)C1c1ccccc1. The van der Waals surface area contributed by atoms with Crippen molar-refractivity contribution in [1.82, 2.24) is 9.62 Å². The standard InChI is InChI=1S/C44H47N3O6S/c1-4-26-47(3)29-40-41(34-14-9-6-10-15-34)42(35-22-20-33(30-48)21-23-35)53-44(52-40)36-16-11-17-37(28-36)45-43(49)39(27-32-12-7-5-8-13-32)46-54(50,51)38-24-18-31(2)19-25-38/h4-25,28,39-42,44,46,48H,1,26-27,29-30H2,2-3H3,(H,45,49). The molecule has 0 aromatic heterocycles. The summed E-state index contributed by atoms with van der Waals surface area (Å²) in [6.07, 6.45) is 0.488. The zero-order valence-corrected chi connectivity index (χ0v) is 31.4. The molecule has 0 spiro atoms. The summed E-state index contributed by atoms with van der Waals surface area (Å²) in [4.78, 5) is 16.2. The molecule has 1 aliphatic rings. The lowest BCUT2D eigenvalue weighted by Gasteiger charge is -2.44. The van der Waals surface area contributed by atoms with Crippen LogP contribution in [0.1, 0.15) is 51.7 Å². The van der Waals surface area contributed by atoms with Crippen LogP contribution in [0.2, 0.25) is 0 Å². The number of nitrogens with zero attached hydrogens (tertiary/aromatic N) is 1. The van der Waals surface area contributed by atoms with Gasteiger partial charge in [0.05, 0.1) is 23.7 Å². The Hall–Kier alpha value is -4.94. The predicted octanol–water partition coefficient (Wildman–Crippen LogP) is 7.07. The average molecular weight is 746 g/mol. The minimum absolute atomic E-state index is 0.0628. The highest BCUT2D eigenvalue weighted by Gasteiger charge is 2.42. The second-order valence-corrected chi connectivity index (χ2v) is 15.4. The van der Waals surface area contributed by atoms with E-state index in [4.69, 9.17) is 9.47 Å². The first-order valence-corrected chi connectivity index (χ1v) is 19.5. The van der Waals surface area contributed by atoms with Crippen LogP contribution < -0.4 is 10.0 Å².